The number of benzene rings is 2. The molecule has 0 amide bonds. The molecule has 3 heterocycles. The number of nitrogens with zero attached hydrogens (tertiary/aromatic N) is 5. The van der Waals surface area contributed by atoms with Crippen molar-refractivity contribution in [1.82, 2.24) is 24.7 Å². The van der Waals surface area contributed by atoms with Crippen molar-refractivity contribution in [3.8, 4) is 23.0 Å². The molecule has 0 aliphatic rings. The van der Waals surface area contributed by atoms with Crippen molar-refractivity contribution in [3.05, 3.63) is 94.8 Å². The minimum absolute atomic E-state index is 0.239. The Balaban J connectivity index is 1.58. The lowest BCUT2D eigenvalue weighted by molar-refractivity contribution is 0.398. The predicted octanol–water partition coefficient (Wildman–Crippen LogP) is 5.55. The zero-order valence-corrected chi connectivity index (χ0v) is 18.4. The molecule has 0 spiro atoms. The normalized spacial score (nSPS) is 11.2. The molecule has 0 radical (unpaired) electrons. The third-order valence-corrected chi connectivity index (χ3v) is 5.54. The fourth-order valence-corrected chi connectivity index (χ4v) is 3.79. The van der Waals surface area contributed by atoms with Gasteiger partial charge >= 0.3 is 0 Å². The lowest BCUT2D eigenvalue weighted by Crippen LogP contribution is -2.05. The monoisotopic (exact) mass is 481 g/mol. The lowest BCUT2D eigenvalue weighted by Gasteiger charge is -2.05. The fraction of sp³-hybridized carbons (Fsp3) is 0.0833. The van der Waals surface area contributed by atoms with Crippen LogP contribution in [-0.2, 0) is 6.42 Å². The first-order chi connectivity index (χ1) is 16.4. The van der Waals surface area contributed by atoms with Gasteiger partial charge in [-0.3, -0.25) is 0 Å². The topological polar surface area (TPSA) is 65.7 Å². The van der Waals surface area contributed by atoms with Crippen LogP contribution >= 0.6 is 11.6 Å². The average Bonchev–Trinajstić information content (AvgIpc) is 3.21. The van der Waals surface area contributed by atoms with Crippen LogP contribution in [0.1, 0.15) is 11.3 Å². The van der Waals surface area contributed by atoms with Crippen LogP contribution in [0.15, 0.2) is 61.1 Å². The first-order valence-corrected chi connectivity index (χ1v) is 10.4. The predicted molar refractivity (Wildman–Crippen MR) is 121 cm³/mol. The number of hydrogen-bond acceptors (Lipinski definition) is 5. The smallest absolute Gasteiger partial charge is 0.251 e. The highest BCUT2D eigenvalue weighted by Gasteiger charge is 2.20. The van der Waals surface area contributed by atoms with Crippen LogP contribution < -0.4 is 4.74 Å². The minimum Gasteiger partial charge on any atom is -0.481 e. The highest BCUT2D eigenvalue weighted by Crippen LogP contribution is 2.28. The number of methoxy groups -OCH3 is 1. The summed E-state index contributed by atoms with van der Waals surface area (Å²) >= 11 is 6.16. The Hall–Kier alpha value is -3.98. The molecule has 0 atom stereocenters. The van der Waals surface area contributed by atoms with Crippen molar-refractivity contribution in [2.45, 2.75) is 6.42 Å². The standard InChI is InChI=1S/C24H15ClF3N5O/c1-34-22-8-13(6-7-29-22)14-11-30-24(31-12-14)33-21-5-2-15(25)9-17(21)20(32-33)10-16-18(26)3-4-19(27)23(16)28/h2-9,11-12H,10H2,1H3. The molecule has 0 bridgehead atoms. The molecule has 0 fully saturated rings. The second-order valence-electron chi connectivity index (χ2n) is 7.38. The third kappa shape index (κ3) is 3.94. The molecule has 5 rings (SSSR count). The van der Waals surface area contributed by atoms with E-state index >= 15 is 0 Å². The number of rotatable bonds is 5. The zero-order valence-electron chi connectivity index (χ0n) is 17.6. The van der Waals surface area contributed by atoms with E-state index in [0.29, 0.717) is 27.5 Å². The van der Waals surface area contributed by atoms with Crippen LogP contribution in [-0.4, -0.2) is 31.8 Å². The van der Waals surface area contributed by atoms with E-state index in [1.165, 1.54) is 11.8 Å². The maximum atomic E-state index is 14.3. The molecular formula is C24H15ClF3N5O. The van der Waals surface area contributed by atoms with Crippen LogP contribution in [0.4, 0.5) is 13.2 Å². The first-order valence-electron chi connectivity index (χ1n) is 10.1. The molecule has 0 unspecified atom stereocenters. The summed E-state index contributed by atoms with van der Waals surface area (Å²) in [7, 11) is 1.53. The Morgan fingerprint density at radius 2 is 1.68 bits per heavy atom. The van der Waals surface area contributed by atoms with Gasteiger partial charge in [-0.25, -0.2) is 28.1 Å². The van der Waals surface area contributed by atoms with Crippen molar-refractivity contribution in [1.29, 1.82) is 0 Å². The Bertz CT molecular complexity index is 1520. The Morgan fingerprint density at radius 1 is 0.912 bits per heavy atom. The van der Waals surface area contributed by atoms with Crippen LogP contribution in [0.25, 0.3) is 28.0 Å². The molecule has 6 nitrogen and oxygen atoms in total. The maximum absolute atomic E-state index is 14.3. The fourth-order valence-electron chi connectivity index (χ4n) is 3.61. The summed E-state index contributed by atoms with van der Waals surface area (Å²) < 4.78 is 48.9. The molecule has 0 saturated heterocycles. The second kappa shape index (κ2) is 8.75. The van der Waals surface area contributed by atoms with E-state index in [2.05, 4.69) is 20.1 Å². The number of halogens is 4. The molecule has 34 heavy (non-hydrogen) atoms. The number of aromatic nitrogens is 5. The average molecular weight is 482 g/mol. The maximum Gasteiger partial charge on any atom is 0.251 e. The van der Waals surface area contributed by atoms with Crippen LogP contribution in [0.2, 0.25) is 5.02 Å². The quantitative estimate of drug-likeness (QED) is 0.308. The molecule has 0 aliphatic carbocycles. The van der Waals surface area contributed by atoms with Crippen molar-refractivity contribution >= 4 is 22.5 Å². The van der Waals surface area contributed by atoms with Crippen LogP contribution in [0.3, 0.4) is 0 Å². The zero-order chi connectivity index (χ0) is 23.8. The largest absolute Gasteiger partial charge is 0.481 e. The van der Waals surface area contributed by atoms with Gasteiger partial charge in [0.05, 0.1) is 18.3 Å². The summed E-state index contributed by atoms with van der Waals surface area (Å²) in [6, 6.07) is 10.2. The molecule has 0 aliphatic heterocycles. The number of fused-ring (bicyclic) bond motifs is 1. The van der Waals surface area contributed by atoms with E-state index in [4.69, 9.17) is 16.3 Å². The van der Waals surface area contributed by atoms with E-state index in [1.54, 1.807) is 48.9 Å². The highest BCUT2D eigenvalue weighted by atomic mass is 35.5. The highest BCUT2D eigenvalue weighted by molar-refractivity contribution is 6.31. The van der Waals surface area contributed by atoms with Gasteiger partial charge < -0.3 is 4.74 Å². The van der Waals surface area contributed by atoms with Gasteiger partial charge in [-0.15, -0.1) is 0 Å². The summed E-state index contributed by atoms with van der Waals surface area (Å²) in [5, 5.41) is 5.44. The molecule has 5 aromatic rings. The van der Waals surface area contributed by atoms with E-state index in [9.17, 15) is 13.2 Å². The number of hydrogen-bond donors (Lipinski definition) is 0. The number of ether oxygens (including phenoxy) is 1. The molecule has 0 saturated carbocycles. The van der Waals surface area contributed by atoms with Crippen molar-refractivity contribution in [2.24, 2.45) is 0 Å². The van der Waals surface area contributed by atoms with Gasteiger partial charge in [0.25, 0.3) is 5.95 Å². The SMILES string of the molecule is COc1cc(-c2cnc(-n3nc(Cc4c(F)ccc(F)c4F)c4cc(Cl)ccc43)nc2)ccn1. The van der Waals surface area contributed by atoms with Crippen LogP contribution in [0.5, 0.6) is 5.88 Å². The summed E-state index contributed by atoms with van der Waals surface area (Å²) in [5.74, 6) is -2.55. The summed E-state index contributed by atoms with van der Waals surface area (Å²) in [5.41, 5.74) is 2.00. The van der Waals surface area contributed by atoms with Gasteiger partial charge in [0.2, 0.25) is 5.88 Å². The van der Waals surface area contributed by atoms with E-state index < -0.39 is 23.0 Å². The molecule has 3 aromatic heterocycles. The summed E-state index contributed by atoms with van der Waals surface area (Å²) in [6.45, 7) is 0. The molecule has 170 valence electrons. The Morgan fingerprint density at radius 3 is 2.44 bits per heavy atom. The van der Waals surface area contributed by atoms with Crippen LogP contribution in [0, 0.1) is 17.5 Å². The van der Waals surface area contributed by atoms with E-state index in [0.717, 1.165) is 23.3 Å². The van der Waals surface area contributed by atoms with Crippen molar-refractivity contribution in [2.75, 3.05) is 7.11 Å². The molecular weight excluding hydrogens is 467 g/mol. The van der Waals surface area contributed by atoms with Gasteiger partial charge in [-0.1, -0.05) is 11.6 Å². The van der Waals surface area contributed by atoms with E-state index in [1.807, 2.05) is 0 Å². The third-order valence-electron chi connectivity index (χ3n) is 5.31. The van der Waals surface area contributed by atoms with Gasteiger partial charge in [0, 0.05) is 52.6 Å². The molecule has 2 aromatic carbocycles. The molecule has 0 N–H and O–H groups in total. The van der Waals surface area contributed by atoms with Crippen molar-refractivity contribution < 1.29 is 17.9 Å². The first kappa shape index (κ1) is 21.8. The van der Waals surface area contributed by atoms with E-state index in [-0.39, 0.29) is 12.4 Å². The van der Waals surface area contributed by atoms with Gasteiger partial charge in [0.15, 0.2) is 11.6 Å². The Labute approximate surface area is 196 Å². The second-order valence-corrected chi connectivity index (χ2v) is 7.81. The summed E-state index contributed by atoms with van der Waals surface area (Å²) in [6.07, 6.45) is 4.57. The Kier molecular flexibility index (Phi) is 5.62. The lowest BCUT2D eigenvalue weighted by atomic mass is 10.1. The molecule has 10 heteroatoms. The summed E-state index contributed by atoms with van der Waals surface area (Å²) in [4.78, 5) is 12.9. The van der Waals surface area contributed by atoms with Gasteiger partial charge in [-0.2, -0.15) is 9.78 Å². The van der Waals surface area contributed by atoms with Crippen molar-refractivity contribution in [3.63, 3.8) is 0 Å². The number of pyridine rings is 1. The van der Waals surface area contributed by atoms with Gasteiger partial charge in [-0.05, 0) is 42.0 Å². The van der Waals surface area contributed by atoms with Gasteiger partial charge in [0.1, 0.15) is 5.82 Å². The minimum atomic E-state index is -1.25.